The Morgan fingerprint density at radius 3 is 2.25 bits per heavy atom. The van der Waals surface area contributed by atoms with Crippen LogP contribution in [0.1, 0.15) is 18.9 Å². The van der Waals surface area contributed by atoms with Gasteiger partial charge in [0.15, 0.2) is 0 Å². The van der Waals surface area contributed by atoms with Crippen LogP contribution in [0.5, 0.6) is 0 Å². The van der Waals surface area contributed by atoms with Crippen LogP contribution in [0.25, 0.3) is 0 Å². The third kappa shape index (κ3) is 3.26. The van der Waals surface area contributed by atoms with Crippen LogP contribution >= 0.6 is 0 Å². The Morgan fingerprint density at radius 2 is 1.88 bits per heavy atom. The minimum atomic E-state index is -0.709. The predicted octanol–water partition coefficient (Wildman–Crippen LogP) is 2.41. The summed E-state index contributed by atoms with van der Waals surface area (Å²) in [5, 5.41) is 8.97. The fraction of sp³-hybridized carbons (Fsp3) is 0.462. The van der Waals surface area contributed by atoms with Crippen molar-refractivity contribution >= 4 is 11.7 Å². The highest BCUT2D eigenvalue weighted by Gasteiger charge is 2.15. The zero-order valence-corrected chi connectivity index (χ0v) is 10.1. The molecule has 0 amide bonds. The van der Waals surface area contributed by atoms with Crippen molar-refractivity contribution in [1.29, 1.82) is 0 Å². The van der Waals surface area contributed by atoms with Crippen LogP contribution < -0.4 is 4.90 Å². The number of carboxylic acid groups (broad SMARTS) is 1. The third-order valence-electron chi connectivity index (χ3n) is 2.78. The number of rotatable bonds is 5. The largest absolute Gasteiger partial charge is 0.481 e. The van der Waals surface area contributed by atoms with Crippen LogP contribution in [-0.2, 0) is 11.2 Å². The number of carboxylic acids is 1. The van der Waals surface area contributed by atoms with E-state index in [1.807, 2.05) is 50.2 Å². The van der Waals surface area contributed by atoms with Gasteiger partial charge in [-0.25, -0.2) is 0 Å². The fourth-order valence-electron chi connectivity index (χ4n) is 1.62. The second-order valence-corrected chi connectivity index (χ2v) is 4.21. The summed E-state index contributed by atoms with van der Waals surface area (Å²) in [6.07, 6.45) is 1.28. The van der Waals surface area contributed by atoms with Gasteiger partial charge in [-0.05, 0) is 30.5 Å². The molecule has 0 saturated carbocycles. The molecular weight excluding hydrogens is 202 g/mol. The van der Waals surface area contributed by atoms with E-state index in [9.17, 15) is 4.79 Å². The Labute approximate surface area is 96.7 Å². The molecule has 3 nitrogen and oxygen atoms in total. The first-order chi connectivity index (χ1) is 7.54. The molecule has 3 heteroatoms. The molecule has 0 heterocycles. The second-order valence-electron chi connectivity index (χ2n) is 4.21. The number of nitrogens with zero attached hydrogens (tertiary/aromatic N) is 1. The first kappa shape index (κ1) is 12.6. The molecule has 1 atom stereocenters. The van der Waals surface area contributed by atoms with E-state index in [2.05, 4.69) is 0 Å². The lowest BCUT2D eigenvalue weighted by Crippen LogP contribution is -2.15. The Hall–Kier alpha value is -1.51. The first-order valence-corrected chi connectivity index (χ1v) is 5.53. The monoisotopic (exact) mass is 221 g/mol. The molecule has 0 saturated heterocycles. The Balaban J connectivity index is 2.71. The minimum Gasteiger partial charge on any atom is -0.481 e. The van der Waals surface area contributed by atoms with E-state index in [0.29, 0.717) is 12.8 Å². The summed E-state index contributed by atoms with van der Waals surface area (Å²) in [6.45, 7) is 1.91. The van der Waals surface area contributed by atoms with Gasteiger partial charge in [0.2, 0.25) is 0 Å². The number of hydrogen-bond acceptors (Lipinski definition) is 2. The Kier molecular flexibility index (Phi) is 4.35. The molecule has 88 valence electrons. The standard InChI is InChI=1S/C13H19NO2/c1-4-11(13(15)16)9-10-5-7-12(8-6-10)14(2)3/h5-8,11H,4,9H2,1-3H3,(H,15,16). The smallest absolute Gasteiger partial charge is 0.306 e. The maximum Gasteiger partial charge on any atom is 0.306 e. The number of hydrogen-bond donors (Lipinski definition) is 1. The van der Waals surface area contributed by atoms with Gasteiger partial charge in [0, 0.05) is 19.8 Å². The van der Waals surface area contributed by atoms with Crippen LogP contribution in [-0.4, -0.2) is 25.2 Å². The summed E-state index contributed by atoms with van der Waals surface area (Å²) in [7, 11) is 3.97. The summed E-state index contributed by atoms with van der Waals surface area (Å²) < 4.78 is 0. The number of carbonyl (C=O) groups is 1. The lowest BCUT2D eigenvalue weighted by Gasteiger charge is -2.14. The normalized spacial score (nSPS) is 12.2. The van der Waals surface area contributed by atoms with Gasteiger partial charge in [-0.15, -0.1) is 0 Å². The van der Waals surface area contributed by atoms with Gasteiger partial charge in [-0.2, -0.15) is 0 Å². The van der Waals surface area contributed by atoms with Crippen LogP contribution in [0, 0.1) is 5.92 Å². The highest BCUT2D eigenvalue weighted by Crippen LogP contribution is 2.16. The number of benzene rings is 1. The lowest BCUT2D eigenvalue weighted by atomic mass is 9.97. The Bertz CT molecular complexity index is 343. The van der Waals surface area contributed by atoms with Crippen molar-refractivity contribution in [3.63, 3.8) is 0 Å². The average Bonchev–Trinajstić information content (AvgIpc) is 2.26. The van der Waals surface area contributed by atoms with Crippen molar-refractivity contribution in [2.45, 2.75) is 19.8 Å². The maximum absolute atomic E-state index is 10.9. The van der Waals surface area contributed by atoms with Gasteiger partial charge in [-0.3, -0.25) is 4.79 Å². The predicted molar refractivity (Wildman–Crippen MR) is 65.9 cm³/mol. The van der Waals surface area contributed by atoms with Crippen LogP contribution in [0.15, 0.2) is 24.3 Å². The molecule has 1 rings (SSSR count). The van der Waals surface area contributed by atoms with E-state index in [1.165, 1.54) is 0 Å². The van der Waals surface area contributed by atoms with Gasteiger partial charge in [0.05, 0.1) is 5.92 Å². The molecular formula is C13H19NO2. The SMILES string of the molecule is CCC(Cc1ccc(N(C)C)cc1)C(=O)O. The molecule has 0 aromatic heterocycles. The summed E-state index contributed by atoms with van der Waals surface area (Å²) >= 11 is 0. The molecule has 0 aliphatic carbocycles. The highest BCUT2D eigenvalue weighted by atomic mass is 16.4. The average molecular weight is 221 g/mol. The maximum atomic E-state index is 10.9. The third-order valence-corrected chi connectivity index (χ3v) is 2.78. The molecule has 1 unspecified atom stereocenters. The second kappa shape index (κ2) is 5.54. The number of anilines is 1. The Morgan fingerprint density at radius 1 is 1.31 bits per heavy atom. The van der Waals surface area contributed by atoms with E-state index >= 15 is 0 Å². The zero-order chi connectivity index (χ0) is 12.1. The van der Waals surface area contributed by atoms with Crippen molar-refractivity contribution in [3.8, 4) is 0 Å². The molecule has 1 N–H and O–H groups in total. The quantitative estimate of drug-likeness (QED) is 0.830. The topological polar surface area (TPSA) is 40.5 Å². The first-order valence-electron chi connectivity index (χ1n) is 5.53. The van der Waals surface area contributed by atoms with Gasteiger partial charge in [0.25, 0.3) is 0 Å². The van der Waals surface area contributed by atoms with Crippen LogP contribution in [0.3, 0.4) is 0 Å². The fourth-order valence-corrected chi connectivity index (χ4v) is 1.62. The van der Waals surface area contributed by atoms with E-state index in [4.69, 9.17) is 5.11 Å². The number of aliphatic carboxylic acids is 1. The molecule has 0 fully saturated rings. The molecule has 0 aliphatic heterocycles. The van der Waals surface area contributed by atoms with E-state index in [-0.39, 0.29) is 5.92 Å². The van der Waals surface area contributed by atoms with Gasteiger partial charge < -0.3 is 10.0 Å². The van der Waals surface area contributed by atoms with E-state index in [1.54, 1.807) is 0 Å². The lowest BCUT2D eigenvalue weighted by molar-refractivity contribution is -0.141. The minimum absolute atomic E-state index is 0.273. The molecule has 1 aromatic rings. The highest BCUT2D eigenvalue weighted by molar-refractivity contribution is 5.70. The van der Waals surface area contributed by atoms with Crippen molar-refractivity contribution in [2.75, 3.05) is 19.0 Å². The molecule has 0 radical (unpaired) electrons. The van der Waals surface area contributed by atoms with E-state index in [0.717, 1.165) is 11.3 Å². The van der Waals surface area contributed by atoms with Gasteiger partial charge in [-0.1, -0.05) is 19.1 Å². The van der Waals surface area contributed by atoms with Crippen molar-refractivity contribution in [3.05, 3.63) is 29.8 Å². The van der Waals surface area contributed by atoms with Crippen LogP contribution in [0.4, 0.5) is 5.69 Å². The molecule has 0 spiro atoms. The molecule has 1 aromatic carbocycles. The summed E-state index contributed by atoms with van der Waals surface area (Å²) in [5.74, 6) is -0.982. The summed E-state index contributed by atoms with van der Waals surface area (Å²) in [4.78, 5) is 12.9. The zero-order valence-electron chi connectivity index (χ0n) is 10.1. The molecule has 0 aliphatic rings. The van der Waals surface area contributed by atoms with Gasteiger partial charge in [0.1, 0.15) is 0 Å². The van der Waals surface area contributed by atoms with Crippen molar-refractivity contribution in [2.24, 2.45) is 5.92 Å². The molecule has 0 bridgehead atoms. The van der Waals surface area contributed by atoms with Crippen molar-refractivity contribution in [1.82, 2.24) is 0 Å². The van der Waals surface area contributed by atoms with E-state index < -0.39 is 5.97 Å². The summed E-state index contributed by atoms with van der Waals surface area (Å²) in [6, 6.07) is 8.04. The summed E-state index contributed by atoms with van der Waals surface area (Å²) in [5.41, 5.74) is 2.21. The van der Waals surface area contributed by atoms with Crippen LogP contribution in [0.2, 0.25) is 0 Å². The van der Waals surface area contributed by atoms with Gasteiger partial charge >= 0.3 is 5.97 Å². The molecule has 16 heavy (non-hydrogen) atoms. The van der Waals surface area contributed by atoms with Crippen molar-refractivity contribution < 1.29 is 9.90 Å².